The Bertz CT molecular complexity index is 1160. The topological polar surface area (TPSA) is 80.3 Å². The molecule has 6 heteroatoms. The minimum absolute atomic E-state index is 0.0612. The number of dihydropyridines is 1. The van der Waals surface area contributed by atoms with Crippen LogP contribution < -0.4 is 15.4 Å². The molecule has 1 atom stereocenters. The maximum atomic E-state index is 13.6. The first kappa shape index (κ1) is 21.8. The monoisotopic (exact) mass is 431 g/mol. The van der Waals surface area contributed by atoms with Gasteiger partial charge in [-0.25, -0.2) is 4.98 Å². The quantitative estimate of drug-likeness (QED) is 0.737. The number of ketones is 1. The van der Waals surface area contributed by atoms with Crippen LogP contribution in [0, 0.1) is 12.3 Å². The van der Waals surface area contributed by atoms with Gasteiger partial charge < -0.3 is 15.4 Å². The lowest BCUT2D eigenvalue weighted by molar-refractivity contribution is -0.118. The van der Waals surface area contributed by atoms with Crippen molar-refractivity contribution >= 4 is 17.5 Å². The summed E-state index contributed by atoms with van der Waals surface area (Å²) < 4.78 is 5.63. The van der Waals surface area contributed by atoms with Gasteiger partial charge in [-0.15, -0.1) is 0 Å². The number of nitrogens with zero attached hydrogens (tertiary/aromatic N) is 1. The van der Waals surface area contributed by atoms with Crippen LogP contribution >= 0.6 is 0 Å². The van der Waals surface area contributed by atoms with Gasteiger partial charge in [-0.2, -0.15) is 0 Å². The summed E-state index contributed by atoms with van der Waals surface area (Å²) in [6.07, 6.45) is 1.18. The number of ether oxygens (including phenoxy) is 1. The van der Waals surface area contributed by atoms with Crippen molar-refractivity contribution in [1.82, 2.24) is 10.3 Å². The lowest BCUT2D eigenvalue weighted by Gasteiger charge is -2.39. The van der Waals surface area contributed by atoms with E-state index in [9.17, 15) is 9.59 Å². The van der Waals surface area contributed by atoms with E-state index >= 15 is 0 Å². The summed E-state index contributed by atoms with van der Waals surface area (Å²) in [5, 5.41) is 6.31. The number of para-hydroxylation sites is 1. The number of hydrogen-bond acceptors (Lipinski definition) is 5. The van der Waals surface area contributed by atoms with Crippen molar-refractivity contribution in [3.05, 3.63) is 76.3 Å². The van der Waals surface area contributed by atoms with Crippen LogP contribution in [0.25, 0.3) is 0 Å². The molecule has 0 spiro atoms. The van der Waals surface area contributed by atoms with Gasteiger partial charge in [0, 0.05) is 40.2 Å². The summed E-state index contributed by atoms with van der Waals surface area (Å²) in [7, 11) is 1.61. The Hall–Kier alpha value is -3.41. The largest absolute Gasteiger partial charge is 0.496 e. The number of hydrogen-bond donors (Lipinski definition) is 2. The third kappa shape index (κ3) is 4.05. The molecule has 0 saturated heterocycles. The predicted octanol–water partition coefficient (Wildman–Crippen LogP) is 4.64. The first-order valence-corrected chi connectivity index (χ1v) is 10.8. The first-order valence-electron chi connectivity index (χ1n) is 10.8. The van der Waals surface area contributed by atoms with Gasteiger partial charge in [-0.05, 0) is 43.9 Å². The highest BCUT2D eigenvalue weighted by atomic mass is 16.5. The summed E-state index contributed by atoms with van der Waals surface area (Å²) in [6, 6.07) is 13.1. The molecule has 4 rings (SSSR count). The molecule has 2 aromatic rings. The molecule has 0 radical (unpaired) electrons. The van der Waals surface area contributed by atoms with Crippen LogP contribution in [0.4, 0.5) is 5.82 Å². The summed E-state index contributed by atoms with van der Waals surface area (Å²) in [5.74, 6) is 0.385. The van der Waals surface area contributed by atoms with E-state index < -0.39 is 5.92 Å². The number of aromatic nitrogens is 1. The van der Waals surface area contributed by atoms with Crippen LogP contribution in [0.2, 0.25) is 0 Å². The summed E-state index contributed by atoms with van der Waals surface area (Å²) in [5.41, 5.74) is 4.26. The van der Waals surface area contributed by atoms with Crippen LogP contribution in [-0.4, -0.2) is 23.8 Å². The fourth-order valence-electron chi connectivity index (χ4n) is 4.75. The minimum Gasteiger partial charge on any atom is -0.496 e. The lowest BCUT2D eigenvalue weighted by atomic mass is 9.68. The molecule has 1 aromatic carbocycles. The summed E-state index contributed by atoms with van der Waals surface area (Å²) >= 11 is 0. The standard InChI is InChI=1S/C26H29N3O3/c1-15-9-8-12-21(27-15)29-25(31)22-16(2)28-18-13-26(3,4)14-19(30)24(18)23(22)17-10-6-7-11-20(17)32-5/h6-12,23,28H,13-14H2,1-5H3,(H,27,29,31). The molecular formula is C26H29N3O3. The maximum Gasteiger partial charge on any atom is 0.255 e. The van der Waals surface area contributed by atoms with Crippen molar-refractivity contribution in [2.24, 2.45) is 5.41 Å². The molecule has 0 bridgehead atoms. The van der Waals surface area contributed by atoms with Gasteiger partial charge in [0.2, 0.25) is 0 Å². The fraction of sp³-hybridized carbons (Fsp3) is 0.346. The molecule has 1 aliphatic heterocycles. The van der Waals surface area contributed by atoms with Crippen molar-refractivity contribution in [2.45, 2.75) is 46.5 Å². The highest BCUT2D eigenvalue weighted by molar-refractivity contribution is 6.09. The Morgan fingerprint density at radius 3 is 2.59 bits per heavy atom. The second-order valence-corrected chi connectivity index (χ2v) is 9.29. The molecule has 2 heterocycles. The molecule has 1 aliphatic carbocycles. The molecule has 0 fully saturated rings. The normalized spacial score (nSPS) is 19.9. The van der Waals surface area contributed by atoms with E-state index in [-0.39, 0.29) is 17.1 Å². The van der Waals surface area contributed by atoms with Crippen LogP contribution in [0.5, 0.6) is 5.75 Å². The number of nitrogens with one attached hydrogen (secondary N) is 2. The van der Waals surface area contributed by atoms with Crippen LogP contribution in [0.1, 0.15) is 50.8 Å². The summed E-state index contributed by atoms with van der Waals surface area (Å²) in [6.45, 7) is 7.95. The number of pyridine rings is 1. The van der Waals surface area contributed by atoms with Crippen LogP contribution in [-0.2, 0) is 9.59 Å². The second-order valence-electron chi connectivity index (χ2n) is 9.29. The number of anilines is 1. The van der Waals surface area contributed by atoms with E-state index in [2.05, 4.69) is 29.5 Å². The van der Waals surface area contributed by atoms with E-state index in [4.69, 9.17) is 4.74 Å². The number of allylic oxidation sites excluding steroid dienone is 3. The van der Waals surface area contributed by atoms with Crippen molar-refractivity contribution in [1.29, 1.82) is 0 Å². The van der Waals surface area contributed by atoms with Crippen molar-refractivity contribution < 1.29 is 14.3 Å². The molecular weight excluding hydrogens is 402 g/mol. The van der Waals surface area contributed by atoms with Gasteiger partial charge in [0.25, 0.3) is 5.91 Å². The highest BCUT2D eigenvalue weighted by Gasteiger charge is 2.43. The van der Waals surface area contributed by atoms with Crippen LogP contribution in [0.15, 0.2) is 65.0 Å². The number of Topliss-reactive ketones (excluding diaryl/α,β-unsaturated/α-hetero) is 1. The average Bonchev–Trinajstić information content (AvgIpc) is 2.71. The molecule has 1 amide bonds. The smallest absolute Gasteiger partial charge is 0.255 e. The molecule has 6 nitrogen and oxygen atoms in total. The molecule has 166 valence electrons. The second kappa shape index (κ2) is 8.26. The van der Waals surface area contributed by atoms with Crippen molar-refractivity contribution in [3.63, 3.8) is 0 Å². The van der Waals surface area contributed by atoms with Gasteiger partial charge in [-0.1, -0.05) is 38.1 Å². The van der Waals surface area contributed by atoms with E-state index in [0.717, 1.165) is 29.1 Å². The van der Waals surface area contributed by atoms with E-state index in [1.165, 1.54) is 0 Å². The van der Waals surface area contributed by atoms with Gasteiger partial charge in [0.15, 0.2) is 5.78 Å². The first-order chi connectivity index (χ1) is 15.2. The van der Waals surface area contributed by atoms with Crippen molar-refractivity contribution in [3.8, 4) is 5.75 Å². The zero-order chi connectivity index (χ0) is 23.0. The molecule has 0 saturated carbocycles. The number of carbonyl (C=O) groups excluding carboxylic acids is 2. The zero-order valence-corrected chi connectivity index (χ0v) is 19.2. The Morgan fingerprint density at radius 1 is 1.12 bits per heavy atom. The number of aryl methyl sites for hydroxylation is 1. The van der Waals surface area contributed by atoms with E-state index in [0.29, 0.717) is 29.1 Å². The highest BCUT2D eigenvalue weighted by Crippen LogP contribution is 2.48. The molecule has 32 heavy (non-hydrogen) atoms. The molecule has 1 unspecified atom stereocenters. The number of amides is 1. The number of methoxy groups -OCH3 is 1. The zero-order valence-electron chi connectivity index (χ0n) is 19.2. The van der Waals surface area contributed by atoms with Crippen LogP contribution in [0.3, 0.4) is 0 Å². The minimum atomic E-state index is -0.518. The van der Waals surface area contributed by atoms with E-state index in [1.807, 2.05) is 50.2 Å². The number of carbonyl (C=O) groups is 2. The van der Waals surface area contributed by atoms with Gasteiger partial charge >= 0.3 is 0 Å². The van der Waals surface area contributed by atoms with Gasteiger partial charge in [0.05, 0.1) is 13.0 Å². The Labute approximate surface area is 188 Å². The Morgan fingerprint density at radius 2 is 1.88 bits per heavy atom. The lowest BCUT2D eigenvalue weighted by Crippen LogP contribution is -2.39. The predicted molar refractivity (Wildman–Crippen MR) is 124 cm³/mol. The van der Waals surface area contributed by atoms with E-state index in [1.54, 1.807) is 13.2 Å². The van der Waals surface area contributed by atoms with Gasteiger partial charge in [0.1, 0.15) is 11.6 Å². The van der Waals surface area contributed by atoms with Gasteiger partial charge in [-0.3, -0.25) is 9.59 Å². The Balaban J connectivity index is 1.84. The maximum absolute atomic E-state index is 13.6. The van der Waals surface area contributed by atoms with Crippen molar-refractivity contribution in [2.75, 3.05) is 12.4 Å². The average molecular weight is 432 g/mol. The number of rotatable bonds is 4. The summed E-state index contributed by atoms with van der Waals surface area (Å²) in [4.78, 5) is 31.4. The fourth-order valence-corrected chi connectivity index (χ4v) is 4.75. The molecule has 2 aliphatic rings. The Kier molecular flexibility index (Phi) is 5.63. The SMILES string of the molecule is COc1ccccc1C1C(C(=O)Nc2cccc(C)n2)=C(C)NC2=C1C(=O)CC(C)(C)C2. The third-order valence-corrected chi connectivity index (χ3v) is 6.06. The number of benzene rings is 1. The molecule has 1 aromatic heterocycles. The molecule has 2 N–H and O–H groups in total. The third-order valence-electron chi connectivity index (χ3n) is 6.06.